The SMILES string of the molecule is Cc1ccc(C2(c3ccc(C)cc3)c3ccccc3-c3ccc(-c4ccc5ccc(CCc6ccc7ccc(-c8cccc9c8-c8ccccc8C9(c8ccccc8)c8ccccc8)cc7c6)cc5c4)cc32)cc1. The summed E-state index contributed by atoms with van der Waals surface area (Å²) in [6.07, 6.45) is 1.92. The van der Waals surface area contributed by atoms with Gasteiger partial charge in [-0.15, -0.1) is 0 Å². The smallest absolute Gasteiger partial charge is 0.0622 e. The summed E-state index contributed by atoms with van der Waals surface area (Å²) in [5.74, 6) is 0. The molecule has 2 aliphatic rings. The van der Waals surface area contributed by atoms with E-state index in [0.717, 1.165) is 12.8 Å². The fraction of sp³-hybridized carbons (Fsp3) is 0.0811. The minimum absolute atomic E-state index is 0.426. The van der Waals surface area contributed by atoms with Gasteiger partial charge in [-0.2, -0.15) is 0 Å². The normalized spacial score (nSPS) is 13.6. The average molecular weight is 943 g/mol. The molecule has 0 heterocycles. The molecule has 0 fully saturated rings. The summed E-state index contributed by atoms with van der Waals surface area (Å²) in [5, 5.41) is 5.07. The van der Waals surface area contributed by atoms with Crippen LogP contribution in [0.4, 0.5) is 0 Å². The van der Waals surface area contributed by atoms with Crippen molar-refractivity contribution in [2.75, 3.05) is 0 Å². The van der Waals surface area contributed by atoms with E-state index in [0.29, 0.717) is 0 Å². The third kappa shape index (κ3) is 6.82. The van der Waals surface area contributed by atoms with Crippen LogP contribution in [-0.2, 0) is 23.7 Å². The molecule has 0 aromatic heterocycles. The summed E-state index contributed by atoms with van der Waals surface area (Å²) in [5.41, 5.74) is 25.1. The topological polar surface area (TPSA) is 0 Å². The second-order valence-electron chi connectivity index (χ2n) is 20.8. The van der Waals surface area contributed by atoms with E-state index < -0.39 is 10.8 Å². The van der Waals surface area contributed by atoms with Crippen LogP contribution in [0.3, 0.4) is 0 Å². The van der Waals surface area contributed by atoms with Crippen molar-refractivity contribution in [1.29, 1.82) is 0 Å². The predicted octanol–water partition coefficient (Wildman–Crippen LogP) is 18.5. The van der Waals surface area contributed by atoms with E-state index in [2.05, 4.69) is 281 Å². The average Bonchev–Trinajstić information content (AvgIpc) is 3.93. The van der Waals surface area contributed by atoms with Crippen molar-refractivity contribution in [3.8, 4) is 44.5 Å². The summed E-state index contributed by atoms with van der Waals surface area (Å²) < 4.78 is 0. The Morgan fingerprint density at radius 2 is 0.676 bits per heavy atom. The maximum atomic E-state index is 2.48. The largest absolute Gasteiger partial charge is 0.0713 e. The van der Waals surface area contributed by atoms with Gasteiger partial charge in [0.2, 0.25) is 0 Å². The maximum absolute atomic E-state index is 2.48. The zero-order chi connectivity index (χ0) is 49.4. The molecule has 2 aliphatic carbocycles. The fourth-order valence-electron chi connectivity index (χ4n) is 13.1. The van der Waals surface area contributed by atoms with E-state index in [9.17, 15) is 0 Å². The van der Waals surface area contributed by atoms with E-state index in [1.54, 1.807) is 0 Å². The van der Waals surface area contributed by atoms with Crippen LogP contribution in [0.25, 0.3) is 66.1 Å². The third-order valence-corrected chi connectivity index (χ3v) is 16.7. The van der Waals surface area contributed by atoms with Crippen LogP contribution in [0.5, 0.6) is 0 Å². The molecular formula is C74H54. The second-order valence-corrected chi connectivity index (χ2v) is 20.8. The molecule has 0 nitrogen and oxygen atoms in total. The number of benzene rings is 12. The summed E-state index contributed by atoms with van der Waals surface area (Å²) >= 11 is 0. The molecule has 0 N–H and O–H groups in total. The number of hydrogen-bond acceptors (Lipinski definition) is 0. The maximum Gasteiger partial charge on any atom is 0.0713 e. The predicted molar refractivity (Wildman–Crippen MR) is 310 cm³/mol. The van der Waals surface area contributed by atoms with E-state index >= 15 is 0 Å². The highest BCUT2D eigenvalue weighted by molar-refractivity contribution is 5.98. The Labute approximate surface area is 434 Å². The minimum atomic E-state index is -0.441. The van der Waals surface area contributed by atoms with Crippen LogP contribution in [-0.4, -0.2) is 0 Å². The van der Waals surface area contributed by atoms with Crippen molar-refractivity contribution in [2.45, 2.75) is 37.5 Å². The monoisotopic (exact) mass is 942 g/mol. The Kier molecular flexibility index (Phi) is 10.3. The van der Waals surface area contributed by atoms with Gasteiger partial charge in [-0.25, -0.2) is 0 Å². The first-order valence-corrected chi connectivity index (χ1v) is 26.3. The standard InChI is InChI=1S/C74H54/c1-49-24-39-62(40-25-49)74(63-41-26-50(2)27-42-63)68-21-11-9-18-65(68)66-43-38-56(48-71(66)74)55-36-34-53-32-30-51(44-58(53)46-55)28-29-52-31-33-54-35-37-57(47-59(54)45-52)64-20-13-23-70-72(64)67-19-10-12-22-69(67)73(70,60-14-5-3-6-15-60)61-16-7-4-8-17-61/h3-27,30-48H,28-29H2,1-2H3. The van der Waals surface area contributed by atoms with Gasteiger partial charge < -0.3 is 0 Å². The van der Waals surface area contributed by atoms with Crippen molar-refractivity contribution in [3.05, 3.63) is 334 Å². The zero-order valence-electron chi connectivity index (χ0n) is 41.8. The number of rotatable bonds is 9. The van der Waals surface area contributed by atoms with Gasteiger partial charge in [0.1, 0.15) is 0 Å². The highest BCUT2D eigenvalue weighted by Gasteiger charge is 2.48. The zero-order valence-corrected chi connectivity index (χ0v) is 41.8. The van der Waals surface area contributed by atoms with Crippen molar-refractivity contribution in [3.63, 3.8) is 0 Å². The Hall–Kier alpha value is -8.84. The molecule has 0 radical (unpaired) electrons. The molecule has 14 rings (SSSR count). The van der Waals surface area contributed by atoms with Crippen LogP contribution >= 0.6 is 0 Å². The van der Waals surface area contributed by atoms with Gasteiger partial charge in [-0.1, -0.05) is 260 Å². The molecule has 0 unspecified atom stereocenters. The van der Waals surface area contributed by atoms with E-state index in [4.69, 9.17) is 0 Å². The molecule has 12 aromatic rings. The first kappa shape index (κ1) is 43.9. The Morgan fingerprint density at radius 1 is 0.257 bits per heavy atom. The van der Waals surface area contributed by atoms with E-state index in [1.165, 1.54) is 133 Å². The number of fused-ring (bicyclic) bond motifs is 8. The summed E-state index contributed by atoms with van der Waals surface area (Å²) in [4.78, 5) is 0. The van der Waals surface area contributed by atoms with Crippen LogP contribution in [0.1, 0.15) is 66.8 Å². The number of hydrogen-bond donors (Lipinski definition) is 0. The van der Waals surface area contributed by atoms with Gasteiger partial charge in [0.05, 0.1) is 10.8 Å². The van der Waals surface area contributed by atoms with Crippen LogP contribution in [0.2, 0.25) is 0 Å². The third-order valence-electron chi connectivity index (χ3n) is 16.7. The van der Waals surface area contributed by atoms with Gasteiger partial charge in [-0.3, -0.25) is 0 Å². The Morgan fingerprint density at radius 3 is 1.28 bits per heavy atom. The van der Waals surface area contributed by atoms with Crippen LogP contribution in [0.15, 0.2) is 267 Å². The van der Waals surface area contributed by atoms with Crippen molar-refractivity contribution in [2.24, 2.45) is 0 Å². The molecule has 12 aromatic carbocycles. The van der Waals surface area contributed by atoms with Gasteiger partial charge in [0.15, 0.2) is 0 Å². The summed E-state index contributed by atoms with van der Waals surface area (Å²) in [7, 11) is 0. The molecule has 0 saturated heterocycles. The van der Waals surface area contributed by atoms with E-state index in [-0.39, 0.29) is 0 Å². The quantitative estimate of drug-likeness (QED) is 0.135. The lowest BCUT2D eigenvalue weighted by Crippen LogP contribution is -2.28. The van der Waals surface area contributed by atoms with Gasteiger partial charge in [0, 0.05) is 0 Å². The Balaban J connectivity index is 0.791. The lowest BCUT2D eigenvalue weighted by molar-refractivity contribution is 0.768. The van der Waals surface area contributed by atoms with Crippen molar-refractivity contribution >= 4 is 21.5 Å². The second kappa shape index (κ2) is 17.4. The minimum Gasteiger partial charge on any atom is -0.0622 e. The van der Waals surface area contributed by atoms with Crippen LogP contribution < -0.4 is 0 Å². The van der Waals surface area contributed by atoms with Crippen molar-refractivity contribution in [1.82, 2.24) is 0 Å². The molecule has 0 heteroatoms. The molecule has 0 saturated carbocycles. The molecule has 350 valence electrons. The van der Waals surface area contributed by atoms with Gasteiger partial charge in [0.25, 0.3) is 0 Å². The first-order valence-electron chi connectivity index (χ1n) is 26.3. The first-order chi connectivity index (χ1) is 36.5. The van der Waals surface area contributed by atoms with Crippen LogP contribution in [0, 0.1) is 13.8 Å². The molecule has 74 heavy (non-hydrogen) atoms. The van der Waals surface area contributed by atoms with Crippen molar-refractivity contribution < 1.29 is 0 Å². The van der Waals surface area contributed by atoms with Gasteiger partial charge in [-0.05, 0) is 167 Å². The lowest BCUT2D eigenvalue weighted by Gasteiger charge is -2.34. The summed E-state index contributed by atoms with van der Waals surface area (Å²) in [6, 6.07) is 101. The Bertz CT molecular complexity index is 4040. The lowest BCUT2D eigenvalue weighted by atomic mass is 9.67. The fourth-order valence-corrected chi connectivity index (χ4v) is 13.1. The molecule has 0 amide bonds. The molecule has 0 atom stereocenters. The van der Waals surface area contributed by atoms with Gasteiger partial charge >= 0.3 is 0 Å². The molecular weight excluding hydrogens is 889 g/mol. The number of aryl methyl sites for hydroxylation is 4. The molecule has 0 spiro atoms. The highest BCUT2D eigenvalue weighted by Crippen LogP contribution is 2.59. The summed E-state index contributed by atoms with van der Waals surface area (Å²) in [6.45, 7) is 4.36. The highest BCUT2D eigenvalue weighted by atomic mass is 14.5. The van der Waals surface area contributed by atoms with E-state index in [1.807, 2.05) is 0 Å². The molecule has 0 aliphatic heterocycles. The molecule has 0 bridgehead atoms.